The number of carbonyl (C=O) groups excluding carboxylic acids is 1. The second kappa shape index (κ2) is 5.15. The molecule has 3 nitrogen and oxygen atoms in total. The maximum atomic E-state index is 11.2. The predicted molar refractivity (Wildman–Crippen MR) is 60.5 cm³/mol. The topological polar surface area (TPSA) is 46.5 Å². The molecule has 1 rings (SSSR count). The first-order valence-corrected chi connectivity index (χ1v) is 4.62. The van der Waals surface area contributed by atoms with E-state index in [2.05, 4.69) is 17.2 Å². The van der Waals surface area contributed by atoms with Gasteiger partial charge in [-0.25, -0.2) is 4.79 Å². The standard InChI is InChI=1S/C13H12O3/c1-4-10-7-5-6-8-11(10)12(14)9(2)13(15)16-3/h1,5-8,12,14H,2H2,3H3. The van der Waals surface area contributed by atoms with Gasteiger partial charge >= 0.3 is 5.97 Å². The van der Waals surface area contributed by atoms with Gasteiger partial charge in [0.25, 0.3) is 0 Å². The van der Waals surface area contributed by atoms with Gasteiger partial charge in [-0.3, -0.25) is 0 Å². The van der Waals surface area contributed by atoms with Crippen molar-refractivity contribution in [2.75, 3.05) is 7.11 Å². The minimum absolute atomic E-state index is 0.0369. The van der Waals surface area contributed by atoms with E-state index >= 15 is 0 Å². The average Bonchev–Trinajstić information content (AvgIpc) is 2.35. The Labute approximate surface area is 94.4 Å². The van der Waals surface area contributed by atoms with Crippen LogP contribution in [0.25, 0.3) is 0 Å². The highest BCUT2D eigenvalue weighted by Gasteiger charge is 2.20. The number of ether oxygens (including phenoxy) is 1. The summed E-state index contributed by atoms with van der Waals surface area (Å²) in [6.45, 7) is 3.48. The third kappa shape index (κ3) is 2.30. The molecule has 16 heavy (non-hydrogen) atoms. The van der Waals surface area contributed by atoms with Gasteiger partial charge < -0.3 is 9.84 Å². The Kier molecular flexibility index (Phi) is 3.87. The summed E-state index contributed by atoms with van der Waals surface area (Å²) >= 11 is 0. The molecule has 1 unspecified atom stereocenters. The second-order valence-electron chi connectivity index (χ2n) is 3.15. The Balaban J connectivity index is 3.06. The molecule has 1 N–H and O–H groups in total. The number of aliphatic hydroxyl groups excluding tert-OH is 1. The van der Waals surface area contributed by atoms with Crippen LogP contribution in [0, 0.1) is 12.3 Å². The predicted octanol–water partition coefficient (Wildman–Crippen LogP) is 1.43. The van der Waals surface area contributed by atoms with Gasteiger partial charge in [-0.1, -0.05) is 30.7 Å². The fraction of sp³-hybridized carbons (Fsp3) is 0.154. The molecule has 1 aromatic carbocycles. The van der Waals surface area contributed by atoms with Crippen LogP contribution in [0.3, 0.4) is 0 Å². The highest BCUT2D eigenvalue weighted by molar-refractivity contribution is 5.89. The van der Waals surface area contributed by atoms with E-state index < -0.39 is 12.1 Å². The van der Waals surface area contributed by atoms with E-state index in [1.54, 1.807) is 24.3 Å². The SMILES string of the molecule is C#Cc1ccccc1C(O)C(=C)C(=O)OC. The normalized spacial score (nSPS) is 11.3. The zero-order valence-electron chi connectivity index (χ0n) is 8.93. The van der Waals surface area contributed by atoms with Crippen LogP contribution in [0.1, 0.15) is 17.2 Å². The van der Waals surface area contributed by atoms with Crippen molar-refractivity contribution in [3.05, 3.63) is 47.5 Å². The molecule has 0 heterocycles. The molecule has 1 atom stereocenters. The van der Waals surface area contributed by atoms with E-state index in [1.165, 1.54) is 7.11 Å². The van der Waals surface area contributed by atoms with Gasteiger partial charge in [0.15, 0.2) is 0 Å². The van der Waals surface area contributed by atoms with Crippen LogP contribution in [-0.2, 0) is 9.53 Å². The van der Waals surface area contributed by atoms with E-state index in [-0.39, 0.29) is 5.57 Å². The monoisotopic (exact) mass is 216 g/mol. The van der Waals surface area contributed by atoms with Gasteiger partial charge in [0.05, 0.1) is 12.7 Å². The molecule has 0 aliphatic carbocycles. The summed E-state index contributed by atoms with van der Waals surface area (Å²) in [7, 11) is 1.23. The molecular weight excluding hydrogens is 204 g/mol. The lowest BCUT2D eigenvalue weighted by atomic mass is 9.98. The second-order valence-corrected chi connectivity index (χ2v) is 3.15. The maximum Gasteiger partial charge on any atom is 0.336 e. The van der Waals surface area contributed by atoms with Crippen molar-refractivity contribution >= 4 is 5.97 Å². The van der Waals surface area contributed by atoms with Crippen LogP contribution in [0.5, 0.6) is 0 Å². The maximum absolute atomic E-state index is 11.2. The first kappa shape index (κ1) is 12.0. The number of hydrogen-bond acceptors (Lipinski definition) is 3. The van der Waals surface area contributed by atoms with E-state index in [0.29, 0.717) is 11.1 Å². The molecule has 0 aromatic heterocycles. The zero-order valence-corrected chi connectivity index (χ0v) is 8.93. The smallest absolute Gasteiger partial charge is 0.336 e. The molecule has 0 aliphatic heterocycles. The molecule has 0 bridgehead atoms. The summed E-state index contributed by atoms with van der Waals surface area (Å²) in [6, 6.07) is 6.81. The Hall–Kier alpha value is -2.05. The van der Waals surface area contributed by atoms with Gasteiger partial charge in [-0.2, -0.15) is 0 Å². The molecule has 3 heteroatoms. The number of methoxy groups -OCH3 is 1. The minimum atomic E-state index is -1.14. The molecule has 0 radical (unpaired) electrons. The van der Waals surface area contributed by atoms with Crippen molar-refractivity contribution in [2.24, 2.45) is 0 Å². The van der Waals surface area contributed by atoms with E-state index in [4.69, 9.17) is 6.42 Å². The number of rotatable bonds is 3. The minimum Gasteiger partial charge on any atom is -0.466 e. The number of benzene rings is 1. The van der Waals surface area contributed by atoms with Gasteiger partial charge in [-0.15, -0.1) is 6.42 Å². The average molecular weight is 216 g/mol. The van der Waals surface area contributed by atoms with Crippen LogP contribution in [0.2, 0.25) is 0 Å². The van der Waals surface area contributed by atoms with Crippen LogP contribution in [-0.4, -0.2) is 18.2 Å². The number of aliphatic hydroxyl groups is 1. The molecular formula is C13H12O3. The van der Waals surface area contributed by atoms with E-state index in [1.807, 2.05) is 0 Å². The molecule has 0 saturated heterocycles. The Morgan fingerprint density at radius 2 is 2.19 bits per heavy atom. The van der Waals surface area contributed by atoms with E-state index in [9.17, 15) is 9.90 Å². The third-order valence-corrected chi connectivity index (χ3v) is 2.19. The Morgan fingerprint density at radius 3 is 2.75 bits per heavy atom. The summed E-state index contributed by atoms with van der Waals surface area (Å²) < 4.78 is 4.48. The lowest BCUT2D eigenvalue weighted by Crippen LogP contribution is -2.12. The van der Waals surface area contributed by atoms with Crippen molar-refractivity contribution in [3.63, 3.8) is 0 Å². The first-order chi connectivity index (χ1) is 7.61. The molecule has 0 amide bonds. The highest BCUT2D eigenvalue weighted by atomic mass is 16.5. The van der Waals surface area contributed by atoms with Crippen LogP contribution < -0.4 is 0 Å². The number of hydrogen-bond donors (Lipinski definition) is 1. The fourth-order valence-corrected chi connectivity index (χ4v) is 1.30. The number of esters is 1. The van der Waals surface area contributed by atoms with Crippen molar-refractivity contribution in [2.45, 2.75) is 6.10 Å². The lowest BCUT2D eigenvalue weighted by Gasteiger charge is -2.13. The largest absolute Gasteiger partial charge is 0.466 e. The van der Waals surface area contributed by atoms with Gasteiger partial charge in [0.1, 0.15) is 6.10 Å². The fourth-order valence-electron chi connectivity index (χ4n) is 1.30. The van der Waals surface area contributed by atoms with Gasteiger partial charge in [0, 0.05) is 11.1 Å². The summed E-state index contributed by atoms with van der Waals surface area (Å²) in [4.78, 5) is 11.2. The van der Waals surface area contributed by atoms with Crippen molar-refractivity contribution in [1.29, 1.82) is 0 Å². The molecule has 0 aliphatic rings. The van der Waals surface area contributed by atoms with Crippen LogP contribution in [0.15, 0.2) is 36.4 Å². The summed E-state index contributed by atoms with van der Waals surface area (Å²) in [5, 5.41) is 9.91. The summed E-state index contributed by atoms with van der Waals surface area (Å²) in [5.74, 6) is 1.78. The molecule has 0 saturated carbocycles. The highest BCUT2D eigenvalue weighted by Crippen LogP contribution is 2.23. The summed E-state index contributed by atoms with van der Waals surface area (Å²) in [6.07, 6.45) is 4.15. The van der Waals surface area contributed by atoms with Crippen molar-refractivity contribution in [3.8, 4) is 12.3 Å². The van der Waals surface area contributed by atoms with Crippen LogP contribution in [0.4, 0.5) is 0 Å². The number of terminal acetylenes is 1. The van der Waals surface area contributed by atoms with E-state index in [0.717, 1.165) is 0 Å². The molecule has 82 valence electrons. The first-order valence-electron chi connectivity index (χ1n) is 4.62. The molecule has 1 aromatic rings. The van der Waals surface area contributed by atoms with Gasteiger partial charge in [-0.05, 0) is 6.07 Å². The van der Waals surface area contributed by atoms with Crippen molar-refractivity contribution < 1.29 is 14.6 Å². The van der Waals surface area contributed by atoms with Crippen LogP contribution >= 0.6 is 0 Å². The Bertz CT molecular complexity index is 454. The number of carbonyl (C=O) groups is 1. The zero-order chi connectivity index (χ0) is 12.1. The van der Waals surface area contributed by atoms with Gasteiger partial charge in [0.2, 0.25) is 0 Å². The molecule has 0 fully saturated rings. The van der Waals surface area contributed by atoms with Crippen molar-refractivity contribution in [1.82, 2.24) is 0 Å². The molecule has 0 spiro atoms. The Morgan fingerprint density at radius 1 is 1.56 bits per heavy atom. The third-order valence-electron chi connectivity index (χ3n) is 2.19. The lowest BCUT2D eigenvalue weighted by molar-refractivity contribution is -0.137. The quantitative estimate of drug-likeness (QED) is 0.472. The summed E-state index contributed by atoms with van der Waals surface area (Å²) in [5.41, 5.74) is 0.964.